The van der Waals surface area contributed by atoms with Gasteiger partial charge in [-0.1, -0.05) is 106 Å². The molecule has 1 fully saturated rings. The third kappa shape index (κ3) is 11.1. The number of alkyl halides is 4. The fraction of sp³-hybridized carbons (Fsp3) is 0.415. The summed E-state index contributed by atoms with van der Waals surface area (Å²) in [7, 11) is -13.3. The van der Waals surface area contributed by atoms with Crippen molar-refractivity contribution in [3.05, 3.63) is 115 Å². The van der Waals surface area contributed by atoms with E-state index in [9.17, 15) is 34.4 Å². The van der Waals surface area contributed by atoms with Crippen LogP contribution in [0.5, 0.6) is 0 Å². The quantitative estimate of drug-likeness (QED) is 0.0729. The van der Waals surface area contributed by atoms with Crippen molar-refractivity contribution in [1.29, 1.82) is 0 Å². The number of rotatable bonds is 17. The van der Waals surface area contributed by atoms with Crippen molar-refractivity contribution in [1.82, 2.24) is 9.80 Å². The van der Waals surface area contributed by atoms with Crippen molar-refractivity contribution in [2.24, 2.45) is 11.1 Å². The average molecular weight is 866 g/mol. The Labute approximate surface area is 339 Å². The lowest BCUT2D eigenvalue weighted by Crippen LogP contribution is -2.68. The molecule has 0 radical (unpaired) electrons. The molecule has 0 amide bonds. The van der Waals surface area contributed by atoms with Crippen molar-refractivity contribution in [2.75, 3.05) is 51.7 Å². The molecule has 4 aromatic rings. The fourth-order valence-electron chi connectivity index (χ4n) is 7.45. The second kappa shape index (κ2) is 18.9. The number of nitrogens with two attached hydrogens (primary N) is 1. The van der Waals surface area contributed by atoms with Gasteiger partial charge in [-0.25, -0.2) is 26.4 Å². The fourth-order valence-corrected chi connectivity index (χ4v) is 14.8. The molecule has 0 bridgehead atoms. The molecule has 1 heterocycles. The third-order valence-electron chi connectivity index (χ3n) is 10.4. The summed E-state index contributed by atoms with van der Waals surface area (Å²) in [4.78, 5) is 3.60. The first-order chi connectivity index (χ1) is 26.8. The Hall–Kier alpha value is -3.09. The zero-order valence-electron chi connectivity index (χ0n) is 32.4. The molecule has 5 rings (SSSR count). The number of piperazine rings is 1. The molecule has 0 aliphatic carbocycles. The van der Waals surface area contributed by atoms with Crippen LogP contribution in [-0.4, -0.2) is 98.3 Å². The van der Waals surface area contributed by atoms with Crippen LogP contribution in [0.2, 0.25) is 5.04 Å². The Morgan fingerprint density at radius 1 is 0.789 bits per heavy atom. The van der Waals surface area contributed by atoms with E-state index in [2.05, 4.69) is 54.8 Å². The Morgan fingerprint density at radius 2 is 1.32 bits per heavy atom. The number of primary sulfonamides is 1. The Balaban J connectivity index is 1.29. The first-order valence-corrected chi connectivity index (χ1v) is 24.7. The van der Waals surface area contributed by atoms with Gasteiger partial charge in [-0.15, -0.1) is 11.8 Å². The number of thioether (sulfide) groups is 1. The van der Waals surface area contributed by atoms with Gasteiger partial charge < -0.3 is 9.33 Å². The van der Waals surface area contributed by atoms with Gasteiger partial charge in [0.25, 0.3) is 18.2 Å². The minimum absolute atomic E-state index is 0.0346. The van der Waals surface area contributed by atoms with Crippen LogP contribution in [0.1, 0.15) is 32.8 Å². The minimum atomic E-state index is -5.89. The molecule has 0 unspecified atom stereocenters. The van der Waals surface area contributed by atoms with Crippen LogP contribution in [0.15, 0.2) is 124 Å². The molecular weight excluding hydrogens is 815 g/mol. The van der Waals surface area contributed by atoms with Crippen LogP contribution < -0.4 is 15.5 Å². The molecule has 1 aliphatic heterocycles. The molecule has 4 aromatic carbocycles. The van der Waals surface area contributed by atoms with Crippen LogP contribution >= 0.6 is 11.8 Å². The Morgan fingerprint density at radius 3 is 1.81 bits per heavy atom. The van der Waals surface area contributed by atoms with Crippen molar-refractivity contribution in [3.8, 4) is 0 Å². The molecular formula is C41H51F4N3O5S3Si. The molecule has 1 saturated heterocycles. The maximum Gasteiger partial charge on any atom is 0.501 e. The van der Waals surface area contributed by atoms with Gasteiger partial charge in [0.2, 0.25) is 10.0 Å². The number of nitrogens with zero attached hydrogens (tertiary/aromatic N) is 2. The molecule has 2 atom stereocenters. The summed E-state index contributed by atoms with van der Waals surface area (Å²) in [5.74, 6) is 0.205. The van der Waals surface area contributed by atoms with Gasteiger partial charge in [0.15, 0.2) is 0 Å². The number of halogens is 4. The maximum absolute atomic E-state index is 15.0. The normalized spacial score (nSPS) is 16.4. The summed E-state index contributed by atoms with van der Waals surface area (Å²) in [5, 5.41) is 7.02. The summed E-state index contributed by atoms with van der Waals surface area (Å²) < 4.78 is 113. The monoisotopic (exact) mass is 865 g/mol. The highest BCUT2D eigenvalue weighted by atomic mass is 32.2. The summed E-state index contributed by atoms with van der Waals surface area (Å²) in [5.41, 5.74) is -5.76. The first-order valence-electron chi connectivity index (χ1n) is 18.8. The predicted octanol–water partition coefficient (Wildman–Crippen LogP) is 6.50. The number of benzene rings is 4. The summed E-state index contributed by atoms with van der Waals surface area (Å²) in [6, 6.07) is 32.4. The average Bonchev–Trinajstić information content (AvgIpc) is 3.17. The zero-order chi connectivity index (χ0) is 41.5. The van der Waals surface area contributed by atoms with Crippen molar-refractivity contribution in [2.45, 2.75) is 64.9 Å². The van der Waals surface area contributed by atoms with E-state index < -0.39 is 56.3 Å². The van der Waals surface area contributed by atoms with E-state index in [1.165, 1.54) is 11.8 Å². The number of hydrogen-bond acceptors (Lipinski definition) is 8. The van der Waals surface area contributed by atoms with Crippen LogP contribution in [0.4, 0.5) is 17.6 Å². The lowest BCUT2D eigenvalue weighted by atomic mass is 9.97. The maximum atomic E-state index is 15.0. The van der Waals surface area contributed by atoms with E-state index >= 15 is 0 Å². The van der Waals surface area contributed by atoms with Crippen molar-refractivity contribution < 1.29 is 38.8 Å². The van der Waals surface area contributed by atoms with E-state index in [0.29, 0.717) is 57.5 Å². The SMILES string of the molecule is CC(C)(C)[Si](O[C@H](CF)CN1CCN(CC[C@H](CSc2ccccc2)Cc2ccc(S(N)(=O)=O)cc2S(=O)(=O)C(F)(F)F)CC1)(c1ccccc1)c1ccccc1. The highest BCUT2D eigenvalue weighted by Crippen LogP contribution is 2.38. The largest absolute Gasteiger partial charge is 0.501 e. The Bertz CT molecular complexity index is 2080. The van der Waals surface area contributed by atoms with Crippen molar-refractivity contribution in [3.63, 3.8) is 0 Å². The molecule has 8 nitrogen and oxygen atoms in total. The minimum Gasteiger partial charge on any atom is -0.400 e. The van der Waals surface area contributed by atoms with E-state index in [0.717, 1.165) is 27.4 Å². The molecule has 2 N–H and O–H groups in total. The lowest BCUT2D eigenvalue weighted by Gasteiger charge is -2.46. The van der Waals surface area contributed by atoms with E-state index in [1.54, 1.807) is 0 Å². The van der Waals surface area contributed by atoms with E-state index in [-0.39, 0.29) is 22.9 Å². The summed E-state index contributed by atoms with van der Waals surface area (Å²) in [6.45, 7) is 9.51. The van der Waals surface area contributed by atoms with E-state index in [4.69, 9.17) is 9.56 Å². The van der Waals surface area contributed by atoms with Gasteiger partial charge in [-0.2, -0.15) is 13.2 Å². The molecule has 57 heavy (non-hydrogen) atoms. The van der Waals surface area contributed by atoms with Crippen molar-refractivity contribution >= 4 is 50.3 Å². The van der Waals surface area contributed by atoms with Gasteiger partial charge in [-0.05, 0) is 70.5 Å². The standard InChI is InChI=1S/C41H51F4N3O5S3Si/c1-40(2,3)57(37-15-9-5-10-16-37,38-17-11-6-12-18-38)53-34(29-42)30-48-25-23-47(24-26-48)22-21-32(31-54-35-13-7-4-8-14-35)27-33-19-20-36(56(46,51)52)28-39(33)55(49,50)41(43,44)45/h4-20,28,32,34H,21-27,29-31H2,1-3H3,(H2,46,51,52)/t32-,34+/m0/s1. The second-order valence-electron chi connectivity index (χ2n) is 15.4. The second-order valence-corrected chi connectivity index (χ2v) is 24.3. The van der Waals surface area contributed by atoms with E-state index in [1.807, 2.05) is 66.7 Å². The topological polar surface area (TPSA) is 110 Å². The van der Waals surface area contributed by atoms with Gasteiger partial charge >= 0.3 is 5.51 Å². The first kappa shape index (κ1) is 45.0. The van der Waals surface area contributed by atoms with Gasteiger partial charge in [0.05, 0.1) is 15.9 Å². The lowest BCUT2D eigenvalue weighted by molar-refractivity contribution is -0.0436. The molecule has 1 aliphatic rings. The number of sulfonamides is 1. The molecule has 0 saturated carbocycles. The van der Waals surface area contributed by atoms with Gasteiger partial charge in [0.1, 0.15) is 6.67 Å². The van der Waals surface area contributed by atoms with Gasteiger partial charge in [-0.3, -0.25) is 4.90 Å². The van der Waals surface area contributed by atoms with Crippen LogP contribution in [0.25, 0.3) is 0 Å². The smallest absolute Gasteiger partial charge is 0.400 e. The Kier molecular flexibility index (Phi) is 14.9. The molecule has 16 heteroatoms. The summed E-state index contributed by atoms with van der Waals surface area (Å²) >= 11 is 1.51. The van der Waals surface area contributed by atoms with Crippen LogP contribution in [0.3, 0.4) is 0 Å². The molecule has 310 valence electrons. The molecule has 0 aromatic heterocycles. The van der Waals surface area contributed by atoms with Crippen LogP contribution in [-0.2, 0) is 30.7 Å². The number of hydrogen-bond donors (Lipinski definition) is 1. The highest BCUT2D eigenvalue weighted by molar-refractivity contribution is 7.99. The van der Waals surface area contributed by atoms with Gasteiger partial charge in [0, 0.05) is 43.4 Å². The molecule has 0 spiro atoms. The predicted molar refractivity (Wildman–Crippen MR) is 221 cm³/mol. The summed E-state index contributed by atoms with van der Waals surface area (Å²) in [6.07, 6.45) is -0.163. The number of sulfone groups is 1. The zero-order valence-corrected chi connectivity index (χ0v) is 35.8. The van der Waals surface area contributed by atoms with Crippen LogP contribution in [0, 0.1) is 5.92 Å². The highest BCUT2D eigenvalue weighted by Gasteiger charge is 2.52. The third-order valence-corrected chi connectivity index (χ3v) is 19.2.